The van der Waals surface area contributed by atoms with Crippen LogP contribution in [0, 0.1) is 6.92 Å². The summed E-state index contributed by atoms with van der Waals surface area (Å²) in [6.07, 6.45) is 9.56. The Bertz CT molecular complexity index is 1020. The number of hydrogen-bond donors (Lipinski definition) is 2. The maximum Gasteiger partial charge on any atom is 0.326 e. The van der Waals surface area contributed by atoms with E-state index in [-0.39, 0.29) is 17.5 Å². The second-order valence-electron chi connectivity index (χ2n) is 9.70. The van der Waals surface area contributed by atoms with Crippen LogP contribution in [-0.2, 0) is 9.59 Å². The smallest absolute Gasteiger partial charge is 0.326 e. The highest BCUT2D eigenvalue weighted by atomic mass is 16.5. The number of amides is 2. The Morgan fingerprint density at radius 3 is 2.32 bits per heavy atom. The fraction of sp³-hybridized carbons (Fsp3) is 0.586. The second kappa shape index (κ2) is 16.5. The zero-order valence-electron chi connectivity index (χ0n) is 23.3. The number of carboxylic acid groups (broad SMARTS) is 1. The van der Waals surface area contributed by atoms with Crippen LogP contribution < -0.4 is 10.1 Å². The van der Waals surface area contributed by atoms with Gasteiger partial charge in [0.15, 0.2) is 5.69 Å². The second-order valence-corrected chi connectivity index (χ2v) is 9.70. The average molecular weight is 530 g/mol. The van der Waals surface area contributed by atoms with Crippen LogP contribution in [0.2, 0.25) is 0 Å². The number of carboxylic acids is 1. The van der Waals surface area contributed by atoms with Gasteiger partial charge in [0.1, 0.15) is 17.6 Å². The highest BCUT2D eigenvalue weighted by Crippen LogP contribution is 2.24. The molecule has 1 atom stereocenters. The number of aliphatic carboxylic acids is 1. The third kappa shape index (κ3) is 10.2. The van der Waals surface area contributed by atoms with E-state index < -0.39 is 12.0 Å². The van der Waals surface area contributed by atoms with Gasteiger partial charge in [-0.15, -0.1) is 0 Å². The van der Waals surface area contributed by atoms with Crippen molar-refractivity contribution in [2.75, 3.05) is 20.7 Å². The van der Waals surface area contributed by atoms with E-state index in [1.807, 2.05) is 12.1 Å². The number of nitrogens with one attached hydrogen (secondary N) is 1. The summed E-state index contributed by atoms with van der Waals surface area (Å²) < 4.78 is 10.9. The Hall–Kier alpha value is -3.36. The van der Waals surface area contributed by atoms with Gasteiger partial charge in [-0.1, -0.05) is 45.4 Å². The monoisotopic (exact) mass is 529 g/mol. The topological polar surface area (TPSA) is 122 Å². The standard InChI is InChI=1S/C29H43N3O6/c1-5-6-7-8-9-10-11-15-25(33)30-24(29(35)36)14-12-13-20-32(3)28(34)26-21(2)38-27(31-26)22-16-18-23(37-4)19-17-22/h16-19,24H,5-15,20H2,1-4H3,(H,30,33)(H,35,36). The maximum atomic E-state index is 12.9. The van der Waals surface area contributed by atoms with Crippen molar-refractivity contribution >= 4 is 17.8 Å². The molecule has 1 heterocycles. The fourth-order valence-corrected chi connectivity index (χ4v) is 4.20. The predicted octanol–water partition coefficient (Wildman–Crippen LogP) is 5.61. The number of carbonyl (C=O) groups is 3. The summed E-state index contributed by atoms with van der Waals surface area (Å²) in [4.78, 5) is 42.7. The van der Waals surface area contributed by atoms with Gasteiger partial charge in [-0.05, 0) is 56.9 Å². The van der Waals surface area contributed by atoms with E-state index in [2.05, 4.69) is 17.2 Å². The van der Waals surface area contributed by atoms with Crippen LogP contribution in [0.5, 0.6) is 5.75 Å². The Kier molecular flexibility index (Phi) is 13.4. The van der Waals surface area contributed by atoms with Crippen molar-refractivity contribution in [3.05, 3.63) is 35.7 Å². The lowest BCUT2D eigenvalue weighted by molar-refractivity contribution is -0.142. The van der Waals surface area contributed by atoms with E-state index in [0.717, 1.165) is 24.8 Å². The number of methoxy groups -OCH3 is 1. The van der Waals surface area contributed by atoms with Crippen molar-refractivity contribution in [1.29, 1.82) is 0 Å². The van der Waals surface area contributed by atoms with Gasteiger partial charge in [-0.2, -0.15) is 0 Å². The molecule has 0 saturated carbocycles. The van der Waals surface area contributed by atoms with Crippen LogP contribution in [-0.4, -0.2) is 59.5 Å². The van der Waals surface area contributed by atoms with E-state index >= 15 is 0 Å². The van der Waals surface area contributed by atoms with Gasteiger partial charge >= 0.3 is 5.97 Å². The van der Waals surface area contributed by atoms with E-state index in [1.165, 1.54) is 25.7 Å². The highest BCUT2D eigenvalue weighted by Gasteiger charge is 2.22. The molecule has 0 aliphatic carbocycles. The minimum Gasteiger partial charge on any atom is -0.497 e. The largest absolute Gasteiger partial charge is 0.497 e. The molecular weight excluding hydrogens is 486 g/mol. The number of benzene rings is 1. The van der Waals surface area contributed by atoms with Gasteiger partial charge in [0.2, 0.25) is 11.8 Å². The molecule has 1 aromatic carbocycles. The highest BCUT2D eigenvalue weighted by molar-refractivity contribution is 5.93. The SMILES string of the molecule is CCCCCCCCCC(=O)NC(CCCCN(C)C(=O)c1nc(-c2ccc(OC)cc2)oc1C)C(=O)O. The molecule has 38 heavy (non-hydrogen) atoms. The van der Waals surface area contributed by atoms with Gasteiger partial charge in [0.05, 0.1) is 7.11 Å². The quantitative estimate of drug-likeness (QED) is 0.241. The Morgan fingerprint density at radius 2 is 1.68 bits per heavy atom. The predicted molar refractivity (Wildman–Crippen MR) is 146 cm³/mol. The van der Waals surface area contributed by atoms with Crippen molar-refractivity contribution in [2.45, 2.75) is 90.5 Å². The molecule has 0 radical (unpaired) electrons. The van der Waals surface area contributed by atoms with E-state index in [0.29, 0.717) is 49.6 Å². The number of nitrogens with zero attached hydrogens (tertiary/aromatic N) is 2. The van der Waals surface area contributed by atoms with Crippen LogP contribution >= 0.6 is 0 Å². The summed E-state index contributed by atoms with van der Waals surface area (Å²) in [7, 11) is 3.27. The van der Waals surface area contributed by atoms with Crippen LogP contribution in [0.1, 0.15) is 93.8 Å². The number of hydrogen-bond acceptors (Lipinski definition) is 6. The fourth-order valence-electron chi connectivity index (χ4n) is 4.20. The maximum absolute atomic E-state index is 12.9. The molecule has 0 aliphatic rings. The Labute approximate surface area is 226 Å². The third-order valence-corrected chi connectivity index (χ3v) is 6.56. The Balaban J connectivity index is 1.75. The molecule has 0 fully saturated rings. The number of unbranched alkanes of at least 4 members (excludes halogenated alkanes) is 7. The minimum absolute atomic E-state index is 0.215. The molecule has 2 rings (SSSR count). The molecule has 1 unspecified atom stereocenters. The number of carbonyl (C=O) groups excluding carboxylic acids is 2. The van der Waals surface area contributed by atoms with Crippen LogP contribution in [0.4, 0.5) is 0 Å². The lowest BCUT2D eigenvalue weighted by atomic mass is 10.1. The molecule has 210 valence electrons. The van der Waals surface area contributed by atoms with E-state index in [1.54, 1.807) is 38.1 Å². The molecule has 0 aliphatic heterocycles. The number of aromatic nitrogens is 1. The summed E-state index contributed by atoms with van der Waals surface area (Å²) >= 11 is 0. The van der Waals surface area contributed by atoms with Gasteiger partial charge in [-0.3, -0.25) is 9.59 Å². The molecular formula is C29H43N3O6. The zero-order valence-corrected chi connectivity index (χ0v) is 23.3. The molecule has 0 saturated heterocycles. The average Bonchev–Trinajstić information content (AvgIpc) is 3.30. The number of oxazole rings is 1. The normalized spacial score (nSPS) is 11.7. The van der Waals surface area contributed by atoms with Gasteiger partial charge in [0.25, 0.3) is 5.91 Å². The van der Waals surface area contributed by atoms with Crippen molar-refractivity contribution < 1.29 is 28.6 Å². The molecule has 9 heteroatoms. The van der Waals surface area contributed by atoms with Gasteiger partial charge in [-0.25, -0.2) is 9.78 Å². The molecule has 0 bridgehead atoms. The van der Waals surface area contributed by atoms with Gasteiger partial charge in [0, 0.05) is 25.6 Å². The van der Waals surface area contributed by atoms with E-state index in [4.69, 9.17) is 9.15 Å². The van der Waals surface area contributed by atoms with E-state index in [9.17, 15) is 19.5 Å². The number of aryl methyl sites for hydroxylation is 1. The zero-order chi connectivity index (χ0) is 27.9. The first-order valence-corrected chi connectivity index (χ1v) is 13.7. The molecule has 2 N–H and O–H groups in total. The summed E-state index contributed by atoms with van der Waals surface area (Å²) in [5.41, 5.74) is 0.990. The first-order valence-electron chi connectivity index (χ1n) is 13.7. The van der Waals surface area contributed by atoms with Crippen molar-refractivity contribution in [2.24, 2.45) is 0 Å². The molecule has 2 aromatic rings. The van der Waals surface area contributed by atoms with Crippen LogP contribution in [0.25, 0.3) is 11.5 Å². The summed E-state index contributed by atoms with van der Waals surface area (Å²) in [5.74, 6) is -0.00509. The lowest BCUT2D eigenvalue weighted by Crippen LogP contribution is -2.40. The van der Waals surface area contributed by atoms with Crippen LogP contribution in [0.3, 0.4) is 0 Å². The minimum atomic E-state index is -1.04. The van der Waals surface area contributed by atoms with Crippen molar-refractivity contribution in [1.82, 2.24) is 15.2 Å². The summed E-state index contributed by atoms with van der Waals surface area (Å²) in [6.45, 7) is 4.31. The molecule has 0 spiro atoms. The molecule has 2 amide bonds. The first-order chi connectivity index (χ1) is 18.3. The van der Waals surface area contributed by atoms with Crippen molar-refractivity contribution in [3.63, 3.8) is 0 Å². The Morgan fingerprint density at radius 1 is 1.03 bits per heavy atom. The molecule has 9 nitrogen and oxygen atoms in total. The lowest BCUT2D eigenvalue weighted by Gasteiger charge is -2.18. The number of ether oxygens (including phenoxy) is 1. The summed E-state index contributed by atoms with van der Waals surface area (Å²) in [5, 5.41) is 12.2. The molecule has 1 aromatic heterocycles. The summed E-state index contributed by atoms with van der Waals surface area (Å²) in [6, 6.07) is 6.30. The third-order valence-electron chi connectivity index (χ3n) is 6.56. The first kappa shape index (κ1) is 30.9. The van der Waals surface area contributed by atoms with Crippen molar-refractivity contribution in [3.8, 4) is 17.2 Å². The van der Waals surface area contributed by atoms with Gasteiger partial charge < -0.3 is 24.5 Å². The number of rotatable bonds is 18. The van der Waals surface area contributed by atoms with Crippen LogP contribution in [0.15, 0.2) is 28.7 Å².